The summed E-state index contributed by atoms with van der Waals surface area (Å²) in [5.74, 6) is -1.28. The molecule has 1 aliphatic heterocycles. The van der Waals surface area contributed by atoms with E-state index in [2.05, 4.69) is 29.6 Å². The number of hydrogen-bond donors (Lipinski definition) is 2. The maximum atomic E-state index is 13.4. The minimum atomic E-state index is -0.996. The number of alkyl carbamates (subject to hydrolysis) is 1. The second kappa shape index (κ2) is 10.9. The van der Waals surface area contributed by atoms with Crippen LogP contribution in [0.2, 0.25) is 0 Å². The summed E-state index contributed by atoms with van der Waals surface area (Å²) in [6.45, 7) is 4.48. The number of benzene rings is 2. The number of fused-ring (bicyclic) bond motifs is 3. The van der Waals surface area contributed by atoms with Gasteiger partial charge in [0.2, 0.25) is 5.91 Å². The van der Waals surface area contributed by atoms with Crippen LogP contribution in [0.25, 0.3) is 11.1 Å². The number of carbonyl (C=O) groups excluding carboxylic acids is 2. The Kier molecular flexibility index (Phi) is 7.73. The van der Waals surface area contributed by atoms with Crippen LogP contribution in [-0.4, -0.2) is 53.2 Å². The molecule has 0 saturated carbocycles. The van der Waals surface area contributed by atoms with Gasteiger partial charge in [0, 0.05) is 12.5 Å². The summed E-state index contributed by atoms with van der Waals surface area (Å²) in [5.41, 5.74) is 4.52. The topological polar surface area (TPSA) is 95.9 Å². The molecule has 2 aromatic carbocycles. The number of carboxylic acid groups (broad SMARTS) is 1. The molecule has 2 amide bonds. The first-order valence-corrected chi connectivity index (χ1v) is 12.5. The molecule has 7 heteroatoms. The molecule has 2 atom stereocenters. The molecule has 1 unspecified atom stereocenters. The van der Waals surface area contributed by atoms with Gasteiger partial charge in [-0.3, -0.25) is 4.79 Å². The van der Waals surface area contributed by atoms with Crippen molar-refractivity contribution in [3.05, 3.63) is 59.7 Å². The summed E-state index contributed by atoms with van der Waals surface area (Å²) in [4.78, 5) is 39.6. The minimum Gasteiger partial charge on any atom is -0.480 e. The Balaban J connectivity index is 1.46. The summed E-state index contributed by atoms with van der Waals surface area (Å²) in [5, 5.41) is 12.4. The Hall–Kier alpha value is -3.35. The van der Waals surface area contributed by atoms with Crippen molar-refractivity contribution >= 4 is 18.0 Å². The molecule has 1 aliphatic carbocycles. The van der Waals surface area contributed by atoms with Crippen LogP contribution in [0.4, 0.5) is 4.79 Å². The van der Waals surface area contributed by atoms with E-state index in [1.807, 2.05) is 38.1 Å². The number of carbonyl (C=O) groups is 3. The number of hydrogen-bond acceptors (Lipinski definition) is 4. The van der Waals surface area contributed by atoms with Gasteiger partial charge in [-0.05, 0) is 47.4 Å². The fourth-order valence-electron chi connectivity index (χ4n) is 5.30. The first-order valence-electron chi connectivity index (χ1n) is 12.5. The molecular formula is C28H34N2O5. The zero-order chi connectivity index (χ0) is 24.9. The van der Waals surface area contributed by atoms with Crippen molar-refractivity contribution in [1.82, 2.24) is 10.2 Å². The number of carboxylic acids is 1. The third kappa shape index (κ3) is 5.50. The van der Waals surface area contributed by atoms with Crippen LogP contribution >= 0.6 is 0 Å². The molecule has 2 aromatic rings. The summed E-state index contributed by atoms with van der Waals surface area (Å²) in [7, 11) is 0. The summed E-state index contributed by atoms with van der Waals surface area (Å²) >= 11 is 0. The lowest BCUT2D eigenvalue weighted by Gasteiger charge is -2.31. The number of ether oxygens (including phenoxy) is 1. The van der Waals surface area contributed by atoms with Crippen LogP contribution in [-0.2, 0) is 14.3 Å². The Morgan fingerprint density at radius 3 is 2.23 bits per heavy atom. The fraction of sp³-hybridized carbons (Fsp3) is 0.464. The molecular weight excluding hydrogens is 444 g/mol. The average molecular weight is 479 g/mol. The van der Waals surface area contributed by atoms with E-state index in [1.54, 1.807) is 0 Å². The Bertz CT molecular complexity index is 1040. The third-order valence-electron chi connectivity index (χ3n) is 6.96. The van der Waals surface area contributed by atoms with Crippen LogP contribution in [0.15, 0.2) is 48.5 Å². The lowest BCUT2D eigenvalue weighted by molar-refractivity contribution is -0.151. The van der Waals surface area contributed by atoms with E-state index in [-0.39, 0.29) is 24.3 Å². The van der Waals surface area contributed by atoms with E-state index < -0.39 is 24.1 Å². The summed E-state index contributed by atoms with van der Waals surface area (Å²) in [6, 6.07) is 14.5. The van der Waals surface area contributed by atoms with Gasteiger partial charge in [-0.25, -0.2) is 9.59 Å². The molecule has 186 valence electrons. The monoisotopic (exact) mass is 478 g/mol. The molecule has 7 nitrogen and oxygen atoms in total. The first kappa shape index (κ1) is 24.8. The van der Waals surface area contributed by atoms with Gasteiger partial charge in [0.25, 0.3) is 0 Å². The average Bonchev–Trinajstić information content (AvgIpc) is 2.97. The van der Waals surface area contributed by atoms with Gasteiger partial charge >= 0.3 is 12.1 Å². The molecule has 2 N–H and O–H groups in total. The lowest BCUT2D eigenvalue weighted by Crippen LogP contribution is -2.54. The van der Waals surface area contributed by atoms with Crippen LogP contribution in [0.5, 0.6) is 0 Å². The highest BCUT2D eigenvalue weighted by Crippen LogP contribution is 2.44. The van der Waals surface area contributed by atoms with Gasteiger partial charge in [-0.15, -0.1) is 0 Å². The van der Waals surface area contributed by atoms with Crippen molar-refractivity contribution in [3.8, 4) is 11.1 Å². The smallest absolute Gasteiger partial charge is 0.407 e. The zero-order valence-electron chi connectivity index (χ0n) is 20.4. The number of nitrogens with one attached hydrogen (secondary N) is 1. The van der Waals surface area contributed by atoms with Crippen LogP contribution in [0.1, 0.15) is 63.0 Å². The van der Waals surface area contributed by atoms with Crippen molar-refractivity contribution in [1.29, 1.82) is 0 Å². The molecule has 1 fully saturated rings. The standard InChI is InChI=1S/C28H34N2O5/c1-18(2)16-24(26(31)30-15-9-3-4-14-25(30)27(32)33)29-28(34)35-17-23-21-12-7-5-10-19(21)20-11-6-8-13-22(20)23/h5-8,10-13,18,23-25H,3-4,9,14-17H2,1-2H3,(H,29,34)(H,32,33)/t24-,25?/m0/s1. The Morgan fingerprint density at radius 2 is 1.63 bits per heavy atom. The predicted molar refractivity (Wildman–Crippen MR) is 133 cm³/mol. The van der Waals surface area contributed by atoms with Gasteiger partial charge in [0.15, 0.2) is 0 Å². The number of aliphatic carboxylic acids is 1. The number of nitrogens with zero attached hydrogens (tertiary/aromatic N) is 1. The molecule has 0 spiro atoms. The highest BCUT2D eigenvalue weighted by Gasteiger charge is 2.36. The van der Waals surface area contributed by atoms with E-state index in [0.29, 0.717) is 19.4 Å². The second-order valence-electron chi connectivity index (χ2n) is 9.89. The normalized spacial score (nSPS) is 18.4. The van der Waals surface area contributed by atoms with Crippen LogP contribution < -0.4 is 5.32 Å². The molecule has 2 aliphatic rings. The molecule has 0 bridgehead atoms. The van der Waals surface area contributed by atoms with Crippen molar-refractivity contribution in [2.45, 2.75) is 64.0 Å². The van der Waals surface area contributed by atoms with Crippen LogP contribution in [0.3, 0.4) is 0 Å². The SMILES string of the molecule is CC(C)C[C@H](NC(=O)OCC1c2ccccc2-c2ccccc21)C(=O)N1CCCCCC1C(=O)O. The van der Waals surface area contributed by atoms with Crippen molar-refractivity contribution in [2.24, 2.45) is 5.92 Å². The van der Waals surface area contributed by atoms with E-state index in [1.165, 1.54) is 4.90 Å². The van der Waals surface area contributed by atoms with Gasteiger partial charge in [0.05, 0.1) is 0 Å². The zero-order valence-corrected chi connectivity index (χ0v) is 20.4. The summed E-state index contributed by atoms with van der Waals surface area (Å²) < 4.78 is 5.65. The fourth-order valence-corrected chi connectivity index (χ4v) is 5.30. The van der Waals surface area contributed by atoms with Gasteiger partial charge in [-0.1, -0.05) is 75.2 Å². The largest absolute Gasteiger partial charge is 0.480 e. The van der Waals surface area contributed by atoms with Gasteiger partial charge in [-0.2, -0.15) is 0 Å². The van der Waals surface area contributed by atoms with E-state index in [0.717, 1.165) is 41.5 Å². The quantitative estimate of drug-likeness (QED) is 0.596. The predicted octanol–water partition coefficient (Wildman–Crippen LogP) is 4.80. The highest BCUT2D eigenvalue weighted by atomic mass is 16.5. The van der Waals surface area contributed by atoms with Gasteiger partial charge in [0.1, 0.15) is 18.7 Å². The van der Waals surface area contributed by atoms with Crippen LogP contribution in [0, 0.1) is 5.92 Å². The summed E-state index contributed by atoms with van der Waals surface area (Å²) in [6.07, 6.45) is 2.60. The molecule has 0 aromatic heterocycles. The van der Waals surface area contributed by atoms with E-state index in [9.17, 15) is 19.5 Å². The minimum absolute atomic E-state index is 0.0746. The maximum Gasteiger partial charge on any atom is 0.407 e. The second-order valence-corrected chi connectivity index (χ2v) is 9.89. The van der Waals surface area contributed by atoms with Crippen molar-refractivity contribution < 1.29 is 24.2 Å². The number of likely N-dealkylation sites (tertiary alicyclic amines) is 1. The maximum absolute atomic E-state index is 13.4. The van der Waals surface area contributed by atoms with E-state index >= 15 is 0 Å². The molecule has 4 rings (SSSR count). The Morgan fingerprint density at radius 1 is 1.00 bits per heavy atom. The van der Waals surface area contributed by atoms with Gasteiger partial charge < -0.3 is 20.1 Å². The molecule has 1 saturated heterocycles. The molecule has 1 heterocycles. The first-order chi connectivity index (χ1) is 16.9. The molecule has 35 heavy (non-hydrogen) atoms. The lowest BCUT2D eigenvalue weighted by atomic mass is 9.98. The number of rotatable bonds is 7. The van der Waals surface area contributed by atoms with Crippen molar-refractivity contribution in [3.63, 3.8) is 0 Å². The number of amides is 2. The third-order valence-corrected chi connectivity index (χ3v) is 6.96. The highest BCUT2D eigenvalue weighted by molar-refractivity contribution is 5.89. The van der Waals surface area contributed by atoms with E-state index in [4.69, 9.17) is 4.74 Å². The Labute approximate surface area is 206 Å². The molecule has 0 radical (unpaired) electrons. The van der Waals surface area contributed by atoms with Crippen molar-refractivity contribution in [2.75, 3.05) is 13.2 Å².